The maximum absolute atomic E-state index is 11.4. The molecule has 0 saturated heterocycles. The standard InChI is InChI=1S/C13H13NO6/c1-7(15)10(8(2)16)4-9-5-11(14(19)20-3)13(18)12(17)6-9/h4-6H,1-3H3,(H-,15,16,17,18,19)/p+1. The summed E-state index contributed by atoms with van der Waals surface area (Å²) in [5.41, 5.74) is -0.227. The first-order valence-corrected chi connectivity index (χ1v) is 5.58. The summed E-state index contributed by atoms with van der Waals surface area (Å²) in [5.74, 6) is -2.13. The highest BCUT2D eigenvalue weighted by Crippen LogP contribution is 2.36. The van der Waals surface area contributed by atoms with Gasteiger partial charge in [0, 0.05) is 6.07 Å². The summed E-state index contributed by atoms with van der Waals surface area (Å²) in [6.07, 6.45) is 1.22. The number of carbonyl (C=O) groups excluding carboxylic acids is 2. The Bertz CT molecular complexity index is 602. The lowest BCUT2D eigenvalue weighted by Gasteiger charge is -2.02. The van der Waals surface area contributed by atoms with Crippen LogP contribution in [0.2, 0.25) is 0 Å². The quantitative estimate of drug-likeness (QED) is 0.279. The lowest BCUT2D eigenvalue weighted by Crippen LogP contribution is -2.06. The van der Waals surface area contributed by atoms with E-state index < -0.39 is 23.1 Å². The third-order valence-electron chi connectivity index (χ3n) is 2.52. The molecule has 7 heteroatoms. The Kier molecular flexibility index (Phi) is 4.58. The van der Waals surface area contributed by atoms with E-state index in [-0.39, 0.29) is 21.7 Å². The van der Waals surface area contributed by atoms with E-state index in [1.807, 2.05) is 0 Å². The molecular weight excluding hydrogens is 266 g/mol. The normalized spacial score (nSPS) is 9.75. The van der Waals surface area contributed by atoms with Crippen LogP contribution >= 0.6 is 0 Å². The zero-order valence-electron chi connectivity index (χ0n) is 11.2. The highest BCUT2D eigenvalue weighted by molar-refractivity contribution is 6.21. The number of rotatable bonds is 5. The molecule has 106 valence electrons. The van der Waals surface area contributed by atoms with Crippen LogP contribution in [0.5, 0.6) is 11.5 Å². The molecule has 0 unspecified atom stereocenters. The first kappa shape index (κ1) is 15.4. The van der Waals surface area contributed by atoms with Gasteiger partial charge in [0.2, 0.25) is 5.75 Å². The molecule has 0 atom stereocenters. The van der Waals surface area contributed by atoms with Crippen molar-refractivity contribution in [2.45, 2.75) is 13.8 Å². The van der Waals surface area contributed by atoms with Gasteiger partial charge in [-0.05, 0) is 31.6 Å². The predicted octanol–water partition coefficient (Wildman–Crippen LogP) is 1.63. The van der Waals surface area contributed by atoms with Gasteiger partial charge in [-0.3, -0.25) is 9.59 Å². The summed E-state index contributed by atoms with van der Waals surface area (Å²) in [6.45, 7) is 2.45. The number of allylic oxidation sites excluding steroid dienone is 1. The highest BCUT2D eigenvalue weighted by atomic mass is 16.8. The van der Waals surface area contributed by atoms with Crippen LogP contribution in [0.25, 0.3) is 6.08 Å². The number of hydrogen-bond donors (Lipinski definition) is 2. The number of benzene rings is 1. The van der Waals surface area contributed by atoms with Crippen molar-refractivity contribution < 1.29 is 29.6 Å². The lowest BCUT2D eigenvalue weighted by molar-refractivity contribution is -0.736. The molecule has 2 N–H and O–H groups in total. The highest BCUT2D eigenvalue weighted by Gasteiger charge is 2.25. The SMILES string of the molecule is CO[N+](=O)c1cc(C=C(C(C)=O)C(C)=O)cc(O)c1O. The molecule has 0 aliphatic rings. The molecule has 20 heavy (non-hydrogen) atoms. The Morgan fingerprint density at radius 2 is 1.75 bits per heavy atom. The topological polar surface area (TPSA) is 104 Å². The molecule has 0 aliphatic heterocycles. The fraction of sp³-hybridized carbons (Fsp3) is 0.231. The number of hydrogen-bond acceptors (Lipinski definition) is 6. The predicted molar refractivity (Wildman–Crippen MR) is 69.4 cm³/mol. The monoisotopic (exact) mass is 280 g/mol. The molecule has 0 aliphatic carbocycles. The summed E-state index contributed by atoms with van der Waals surface area (Å²) >= 11 is 0. The van der Waals surface area contributed by atoms with E-state index in [1.165, 1.54) is 26.0 Å². The number of ketones is 2. The molecule has 1 aromatic carbocycles. The largest absolute Gasteiger partial charge is 0.504 e. The zero-order chi connectivity index (χ0) is 15.4. The van der Waals surface area contributed by atoms with Gasteiger partial charge in [0.1, 0.15) is 0 Å². The summed E-state index contributed by atoms with van der Waals surface area (Å²) < 4.78 is 0. The van der Waals surface area contributed by atoms with Gasteiger partial charge in [-0.1, -0.05) is 0 Å². The Labute approximate surface area is 114 Å². The van der Waals surface area contributed by atoms with Gasteiger partial charge in [0.25, 0.3) is 4.92 Å². The smallest absolute Gasteiger partial charge is 0.362 e. The van der Waals surface area contributed by atoms with Crippen molar-refractivity contribution in [2.24, 2.45) is 0 Å². The average molecular weight is 280 g/mol. The zero-order valence-corrected chi connectivity index (χ0v) is 11.2. The van der Waals surface area contributed by atoms with E-state index >= 15 is 0 Å². The molecule has 0 saturated carbocycles. The maximum Gasteiger partial charge on any atom is 0.362 e. The minimum absolute atomic E-state index is 0.00635. The Balaban J connectivity index is 3.44. The molecule has 1 rings (SSSR count). The Morgan fingerprint density at radius 1 is 1.20 bits per heavy atom. The van der Waals surface area contributed by atoms with Crippen molar-refractivity contribution in [1.82, 2.24) is 0 Å². The molecule has 0 bridgehead atoms. The molecule has 7 nitrogen and oxygen atoms in total. The van der Waals surface area contributed by atoms with Crippen LogP contribution in [0.4, 0.5) is 5.69 Å². The minimum Gasteiger partial charge on any atom is -0.504 e. The van der Waals surface area contributed by atoms with Crippen LogP contribution in [0, 0.1) is 4.91 Å². The van der Waals surface area contributed by atoms with Gasteiger partial charge in [-0.15, -0.1) is 0 Å². The Hall–Kier alpha value is -2.70. The molecule has 0 heterocycles. The van der Waals surface area contributed by atoms with Crippen LogP contribution in [0.3, 0.4) is 0 Å². The van der Waals surface area contributed by atoms with E-state index in [0.29, 0.717) is 0 Å². The molecule has 1 aromatic rings. The minimum atomic E-state index is -0.661. The van der Waals surface area contributed by atoms with Crippen molar-refractivity contribution >= 4 is 23.3 Å². The van der Waals surface area contributed by atoms with Gasteiger partial charge < -0.3 is 10.2 Å². The number of nitrogens with zero attached hydrogens (tertiary/aromatic N) is 1. The van der Waals surface area contributed by atoms with Gasteiger partial charge in [0.05, 0.1) is 10.5 Å². The molecule has 0 fully saturated rings. The molecule has 0 amide bonds. The maximum atomic E-state index is 11.4. The van der Waals surface area contributed by atoms with Crippen LogP contribution < -0.4 is 0 Å². The van der Waals surface area contributed by atoms with E-state index in [9.17, 15) is 24.7 Å². The van der Waals surface area contributed by atoms with E-state index in [4.69, 9.17) is 0 Å². The first-order valence-electron chi connectivity index (χ1n) is 5.58. The first-order chi connectivity index (χ1) is 9.27. The summed E-state index contributed by atoms with van der Waals surface area (Å²) in [4.78, 5) is 38.4. The van der Waals surface area contributed by atoms with Crippen molar-refractivity contribution in [3.63, 3.8) is 0 Å². The molecule has 0 spiro atoms. The van der Waals surface area contributed by atoms with Crippen LogP contribution in [0.1, 0.15) is 19.4 Å². The lowest BCUT2D eigenvalue weighted by atomic mass is 10.0. The van der Waals surface area contributed by atoms with Crippen LogP contribution in [-0.4, -0.2) is 33.8 Å². The summed E-state index contributed by atoms with van der Waals surface area (Å²) in [6, 6.07) is 2.30. The molecule has 0 aromatic heterocycles. The van der Waals surface area contributed by atoms with E-state index in [0.717, 1.165) is 13.2 Å². The summed E-state index contributed by atoms with van der Waals surface area (Å²) in [5, 5.41) is 19.1. The fourth-order valence-corrected chi connectivity index (χ4v) is 1.56. The summed E-state index contributed by atoms with van der Waals surface area (Å²) in [7, 11) is 1.09. The fourth-order valence-electron chi connectivity index (χ4n) is 1.56. The number of aromatic hydroxyl groups is 2. The number of phenols is 2. The van der Waals surface area contributed by atoms with E-state index in [2.05, 4.69) is 4.84 Å². The second kappa shape index (κ2) is 5.96. The van der Waals surface area contributed by atoms with E-state index in [1.54, 1.807) is 0 Å². The second-order valence-corrected chi connectivity index (χ2v) is 4.02. The van der Waals surface area contributed by atoms with Crippen molar-refractivity contribution in [3.05, 3.63) is 28.2 Å². The van der Waals surface area contributed by atoms with Crippen molar-refractivity contribution in [1.29, 1.82) is 0 Å². The third kappa shape index (κ3) is 3.19. The second-order valence-electron chi connectivity index (χ2n) is 4.02. The number of phenolic OH excluding ortho intramolecular Hbond substituents is 2. The average Bonchev–Trinajstić information content (AvgIpc) is 2.37. The van der Waals surface area contributed by atoms with Crippen LogP contribution in [-0.2, 0) is 14.4 Å². The van der Waals surface area contributed by atoms with Gasteiger partial charge in [-0.25, -0.2) is 4.84 Å². The number of Topliss-reactive ketones (excluding diaryl/α,β-unsaturated/α-hetero) is 2. The van der Waals surface area contributed by atoms with Gasteiger partial charge in [0.15, 0.2) is 24.4 Å². The third-order valence-corrected chi connectivity index (χ3v) is 2.52. The number of carbonyl (C=O) groups is 2. The van der Waals surface area contributed by atoms with Crippen molar-refractivity contribution in [2.75, 3.05) is 7.11 Å². The van der Waals surface area contributed by atoms with Crippen molar-refractivity contribution in [3.8, 4) is 11.5 Å². The van der Waals surface area contributed by atoms with Gasteiger partial charge in [-0.2, -0.15) is 0 Å². The van der Waals surface area contributed by atoms with Crippen LogP contribution in [0.15, 0.2) is 17.7 Å². The Morgan fingerprint density at radius 3 is 2.20 bits per heavy atom. The molecule has 0 radical (unpaired) electrons. The molecular formula is C13H14NO6+. The van der Waals surface area contributed by atoms with Gasteiger partial charge >= 0.3 is 5.69 Å².